The van der Waals surface area contributed by atoms with E-state index in [2.05, 4.69) is 15.6 Å². The molecule has 1 saturated carbocycles. The molecule has 0 spiro atoms. The average Bonchev–Trinajstić information content (AvgIpc) is 2.93. The zero-order valence-corrected chi connectivity index (χ0v) is 15.1. The SMILES string of the molecule is O=C(CCOc1ccccc1)Nc1ccc(NC2CCCCCC2)cn1. The molecule has 5 heteroatoms. The molecule has 2 aromatic rings. The van der Waals surface area contributed by atoms with Crippen LogP contribution in [-0.4, -0.2) is 23.5 Å². The molecule has 0 aliphatic heterocycles. The number of anilines is 2. The third-order valence-electron chi connectivity index (χ3n) is 4.60. The van der Waals surface area contributed by atoms with Gasteiger partial charge in [0, 0.05) is 6.04 Å². The quantitative estimate of drug-likeness (QED) is 0.713. The van der Waals surface area contributed by atoms with Gasteiger partial charge in [0.05, 0.1) is 24.9 Å². The smallest absolute Gasteiger partial charge is 0.228 e. The molecule has 1 amide bonds. The third kappa shape index (κ3) is 6.06. The highest BCUT2D eigenvalue weighted by Gasteiger charge is 2.12. The molecule has 1 heterocycles. The zero-order valence-electron chi connectivity index (χ0n) is 15.1. The lowest BCUT2D eigenvalue weighted by Crippen LogP contribution is -2.19. The Morgan fingerprint density at radius 2 is 1.81 bits per heavy atom. The van der Waals surface area contributed by atoms with Gasteiger partial charge in [0.2, 0.25) is 5.91 Å². The summed E-state index contributed by atoms with van der Waals surface area (Å²) in [6, 6.07) is 13.9. The molecule has 5 nitrogen and oxygen atoms in total. The Hall–Kier alpha value is -2.56. The van der Waals surface area contributed by atoms with Gasteiger partial charge in [-0.05, 0) is 37.1 Å². The van der Waals surface area contributed by atoms with Crippen LogP contribution in [0.4, 0.5) is 11.5 Å². The van der Waals surface area contributed by atoms with E-state index >= 15 is 0 Å². The minimum absolute atomic E-state index is 0.0992. The largest absolute Gasteiger partial charge is 0.493 e. The minimum Gasteiger partial charge on any atom is -0.493 e. The highest BCUT2D eigenvalue weighted by Crippen LogP contribution is 2.21. The van der Waals surface area contributed by atoms with E-state index in [-0.39, 0.29) is 5.91 Å². The molecule has 1 aromatic carbocycles. The molecule has 0 radical (unpaired) electrons. The lowest BCUT2D eigenvalue weighted by Gasteiger charge is -2.17. The summed E-state index contributed by atoms with van der Waals surface area (Å²) in [7, 11) is 0. The van der Waals surface area contributed by atoms with Crippen LogP contribution in [-0.2, 0) is 4.79 Å². The number of para-hydroxylation sites is 1. The second-order valence-electron chi connectivity index (χ2n) is 6.72. The molecular formula is C21H27N3O2. The maximum Gasteiger partial charge on any atom is 0.228 e. The number of rotatable bonds is 7. The van der Waals surface area contributed by atoms with Gasteiger partial charge in [-0.25, -0.2) is 4.98 Å². The van der Waals surface area contributed by atoms with Crippen LogP contribution in [0.2, 0.25) is 0 Å². The van der Waals surface area contributed by atoms with E-state index in [9.17, 15) is 4.79 Å². The van der Waals surface area contributed by atoms with Crippen LogP contribution in [0, 0.1) is 0 Å². The number of hydrogen-bond acceptors (Lipinski definition) is 4. The molecule has 0 atom stereocenters. The van der Waals surface area contributed by atoms with Gasteiger partial charge in [0.25, 0.3) is 0 Å². The summed E-state index contributed by atoms with van der Waals surface area (Å²) in [6.45, 7) is 0.344. The van der Waals surface area contributed by atoms with Gasteiger partial charge in [0.15, 0.2) is 0 Å². The fourth-order valence-electron chi connectivity index (χ4n) is 3.20. The van der Waals surface area contributed by atoms with Crippen molar-refractivity contribution in [3.63, 3.8) is 0 Å². The number of aromatic nitrogens is 1. The molecule has 1 aromatic heterocycles. The zero-order chi connectivity index (χ0) is 18.0. The number of carbonyl (C=O) groups is 1. The first-order valence-electron chi connectivity index (χ1n) is 9.50. The van der Waals surface area contributed by atoms with Crippen LogP contribution in [0.5, 0.6) is 5.75 Å². The predicted octanol–water partition coefficient (Wildman–Crippen LogP) is 4.62. The molecule has 138 valence electrons. The maximum absolute atomic E-state index is 12.0. The van der Waals surface area contributed by atoms with Crippen LogP contribution in [0.3, 0.4) is 0 Å². The number of nitrogens with zero attached hydrogens (tertiary/aromatic N) is 1. The Kier molecular flexibility index (Phi) is 6.88. The van der Waals surface area contributed by atoms with E-state index in [0.717, 1.165) is 11.4 Å². The van der Waals surface area contributed by atoms with Crippen LogP contribution >= 0.6 is 0 Å². The van der Waals surface area contributed by atoms with Gasteiger partial charge >= 0.3 is 0 Å². The summed E-state index contributed by atoms with van der Waals surface area (Å²) < 4.78 is 5.54. The number of hydrogen-bond donors (Lipinski definition) is 2. The molecule has 3 rings (SSSR count). The number of carbonyl (C=O) groups excluding carboxylic acids is 1. The van der Waals surface area contributed by atoms with E-state index in [0.29, 0.717) is 24.9 Å². The normalized spacial score (nSPS) is 15.1. The van der Waals surface area contributed by atoms with Crippen LogP contribution in [0.15, 0.2) is 48.7 Å². The third-order valence-corrected chi connectivity index (χ3v) is 4.60. The predicted molar refractivity (Wildman–Crippen MR) is 105 cm³/mol. The topological polar surface area (TPSA) is 63.2 Å². The van der Waals surface area contributed by atoms with Gasteiger partial charge in [-0.2, -0.15) is 0 Å². The van der Waals surface area contributed by atoms with E-state index in [4.69, 9.17) is 4.74 Å². The molecule has 26 heavy (non-hydrogen) atoms. The second kappa shape index (κ2) is 9.80. The Bertz CT molecular complexity index is 665. The van der Waals surface area contributed by atoms with E-state index < -0.39 is 0 Å². The van der Waals surface area contributed by atoms with Crippen molar-refractivity contribution in [2.75, 3.05) is 17.2 Å². The first kappa shape index (κ1) is 18.2. The van der Waals surface area contributed by atoms with Crippen molar-refractivity contribution < 1.29 is 9.53 Å². The highest BCUT2D eigenvalue weighted by molar-refractivity contribution is 5.89. The van der Waals surface area contributed by atoms with Crippen molar-refractivity contribution in [1.82, 2.24) is 4.98 Å². The molecule has 2 N–H and O–H groups in total. The Morgan fingerprint density at radius 1 is 1.04 bits per heavy atom. The van der Waals surface area contributed by atoms with Gasteiger partial charge in [-0.1, -0.05) is 43.9 Å². The van der Waals surface area contributed by atoms with E-state index in [1.54, 1.807) is 6.20 Å². The molecule has 0 unspecified atom stereocenters. The number of pyridine rings is 1. The monoisotopic (exact) mass is 353 g/mol. The Balaban J connectivity index is 1.41. The van der Waals surface area contributed by atoms with Crippen molar-refractivity contribution >= 4 is 17.4 Å². The summed E-state index contributed by atoms with van der Waals surface area (Å²) in [5.41, 5.74) is 1.02. The molecular weight excluding hydrogens is 326 g/mol. The van der Waals surface area contributed by atoms with E-state index in [1.165, 1.54) is 38.5 Å². The molecule has 0 bridgehead atoms. The summed E-state index contributed by atoms with van der Waals surface area (Å²) in [4.78, 5) is 16.3. The molecule has 1 aliphatic rings. The fourth-order valence-corrected chi connectivity index (χ4v) is 3.20. The number of ether oxygens (including phenoxy) is 1. The Morgan fingerprint density at radius 3 is 2.50 bits per heavy atom. The molecule has 1 fully saturated rings. The number of benzene rings is 1. The summed E-state index contributed by atoms with van der Waals surface area (Å²) in [5, 5.41) is 6.37. The maximum atomic E-state index is 12.0. The number of nitrogens with one attached hydrogen (secondary N) is 2. The summed E-state index contributed by atoms with van der Waals surface area (Å²) in [6.07, 6.45) is 9.80. The van der Waals surface area contributed by atoms with Crippen LogP contribution in [0.25, 0.3) is 0 Å². The standard InChI is InChI=1S/C21H27N3O2/c25-21(14-15-26-19-10-6-3-7-11-19)24-20-13-12-18(16-22-20)23-17-8-4-1-2-5-9-17/h3,6-7,10-13,16-17,23H,1-2,4-5,8-9,14-15H2,(H,22,24,25). The van der Waals surface area contributed by atoms with Gasteiger partial charge < -0.3 is 15.4 Å². The molecule has 0 saturated heterocycles. The van der Waals surface area contributed by atoms with Crippen molar-refractivity contribution in [3.8, 4) is 5.75 Å². The first-order chi connectivity index (χ1) is 12.8. The summed E-state index contributed by atoms with van der Waals surface area (Å²) >= 11 is 0. The minimum atomic E-state index is -0.0992. The van der Waals surface area contributed by atoms with Crippen molar-refractivity contribution in [3.05, 3.63) is 48.7 Å². The second-order valence-corrected chi connectivity index (χ2v) is 6.72. The van der Waals surface area contributed by atoms with Crippen molar-refractivity contribution in [1.29, 1.82) is 0 Å². The van der Waals surface area contributed by atoms with Gasteiger partial charge in [0.1, 0.15) is 11.6 Å². The first-order valence-corrected chi connectivity index (χ1v) is 9.50. The van der Waals surface area contributed by atoms with E-state index in [1.807, 2.05) is 42.5 Å². The fraction of sp³-hybridized carbons (Fsp3) is 0.429. The Labute approximate surface area is 155 Å². The molecule has 1 aliphatic carbocycles. The van der Waals surface area contributed by atoms with Crippen LogP contribution < -0.4 is 15.4 Å². The van der Waals surface area contributed by atoms with Gasteiger partial charge in [-0.15, -0.1) is 0 Å². The highest BCUT2D eigenvalue weighted by atomic mass is 16.5. The van der Waals surface area contributed by atoms with Crippen molar-refractivity contribution in [2.24, 2.45) is 0 Å². The van der Waals surface area contributed by atoms with Crippen molar-refractivity contribution in [2.45, 2.75) is 51.0 Å². The average molecular weight is 353 g/mol. The lowest BCUT2D eigenvalue weighted by molar-refractivity contribution is -0.116. The summed E-state index contributed by atoms with van der Waals surface area (Å²) in [5.74, 6) is 1.24. The van der Waals surface area contributed by atoms with Crippen LogP contribution in [0.1, 0.15) is 44.9 Å². The number of amides is 1. The lowest BCUT2D eigenvalue weighted by atomic mass is 10.1. The van der Waals surface area contributed by atoms with Gasteiger partial charge in [-0.3, -0.25) is 4.79 Å².